The fourth-order valence-corrected chi connectivity index (χ4v) is 4.45. The lowest BCUT2D eigenvalue weighted by Crippen LogP contribution is -3.14. The maximum absolute atomic E-state index is 12.5. The van der Waals surface area contributed by atoms with E-state index in [-0.39, 0.29) is 31.5 Å². The second-order valence-electron chi connectivity index (χ2n) is 6.01. The van der Waals surface area contributed by atoms with Gasteiger partial charge in [-0.15, -0.1) is 22.7 Å². The van der Waals surface area contributed by atoms with Gasteiger partial charge in [0.15, 0.2) is 13.1 Å². The summed E-state index contributed by atoms with van der Waals surface area (Å²) in [5.41, 5.74) is 1.14. The van der Waals surface area contributed by atoms with E-state index in [1.165, 1.54) is 22.7 Å². The highest BCUT2D eigenvalue weighted by Crippen LogP contribution is 2.38. The van der Waals surface area contributed by atoms with Gasteiger partial charge in [0.1, 0.15) is 10.6 Å². The Hall–Kier alpha value is -2.23. The Morgan fingerprint density at radius 3 is 2.46 bits per heavy atom. The van der Waals surface area contributed by atoms with Gasteiger partial charge in [-0.25, -0.2) is 4.79 Å². The number of quaternary nitrogens is 1. The third kappa shape index (κ3) is 5.88. The van der Waals surface area contributed by atoms with Crippen LogP contribution in [-0.2, 0) is 14.3 Å². The molecule has 0 saturated heterocycles. The van der Waals surface area contributed by atoms with Crippen LogP contribution in [0.5, 0.6) is 0 Å². The zero-order valence-electron chi connectivity index (χ0n) is 16.3. The van der Waals surface area contributed by atoms with E-state index < -0.39 is 5.97 Å². The summed E-state index contributed by atoms with van der Waals surface area (Å²) in [4.78, 5) is 38.6. The molecule has 0 spiro atoms. The molecule has 2 aromatic rings. The molecule has 0 radical (unpaired) electrons. The van der Waals surface area contributed by atoms with Gasteiger partial charge in [0.2, 0.25) is 0 Å². The normalized spacial score (nSPS) is 11.7. The Labute approximate surface area is 172 Å². The Morgan fingerprint density at radius 2 is 1.86 bits per heavy atom. The van der Waals surface area contributed by atoms with Crippen LogP contribution in [0.4, 0.5) is 5.00 Å². The van der Waals surface area contributed by atoms with Gasteiger partial charge in [-0.2, -0.15) is 0 Å². The second kappa shape index (κ2) is 10.9. The summed E-state index contributed by atoms with van der Waals surface area (Å²) in [6.45, 7) is 7.35. The van der Waals surface area contributed by atoms with E-state index in [0.717, 1.165) is 15.3 Å². The van der Waals surface area contributed by atoms with Crippen LogP contribution in [0.1, 0.15) is 31.1 Å². The summed E-state index contributed by atoms with van der Waals surface area (Å²) in [5, 5.41) is 9.83. The third-order valence-electron chi connectivity index (χ3n) is 4.01. The van der Waals surface area contributed by atoms with E-state index in [1.807, 2.05) is 36.7 Å². The number of hydrogen-bond donors (Lipinski definition) is 3. The molecule has 0 aromatic carbocycles. The maximum Gasteiger partial charge on any atom is 0.341 e. The minimum atomic E-state index is -0.454. The Kier molecular flexibility index (Phi) is 8.62. The molecule has 0 aliphatic heterocycles. The van der Waals surface area contributed by atoms with Gasteiger partial charge < -0.3 is 20.3 Å². The predicted octanol–water partition coefficient (Wildman–Crippen LogP) is 1.63. The number of carbonyl (C=O) groups is 3. The molecule has 0 aliphatic carbocycles. The third-order valence-corrected chi connectivity index (χ3v) is 5.80. The summed E-state index contributed by atoms with van der Waals surface area (Å²) in [6.07, 6.45) is 0. The van der Waals surface area contributed by atoms with Gasteiger partial charge in [0.05, 0.1) is 13.2 Å². The lowest BCUT2D eigenvalue weighted by atomic mass is 10.1. The van der Waals surface area contributed by atoms with Gasteiger partial charge in [-0.05, 0) is 32.2 Å². The topological polar surface area (TPSA) is 88.9 Å². The SMILES string of the molecule is CCNC(=O)C[NH+](CC)CC(=O)Nc1scc(-c2cccs2)c1C(=O)OCC. The maximum atomic E-state index is 12.5. The quantitative estimate of drug-likeness (QED) is 0.506. The molecule has 2 rings (SSSR count). The minimum Gasteiger partial charge on any atom is -0.462 e. The molecule has 28 heavy (non-hydrogen) atoms. The molecule has 0 fully saturated rings. The number of esters is 1. The first-order chi connectivity index (χ1) is 13.5. The van der Waals surface area contributed by atoms with E-state index in [0.29, 0.717) is 23.7 Å². The minimum absolute atomic E-state index is 0.0875. The number of amides is 2. The van der Waals surface area contributed by atoms with Crippen molar-refractivity contribution in [1.82, 2.24) is 5.32 Å². The Balaban J connectivity index is 2.15. The summed E-state index contributed by atoms with van der Waals surface area (Å²) in [7, 11) is 0. The first kappa shape index (κ1) is 22.1. The lowest BCUT2D eigenvalue weighted by Gasteiger charge is -2.16. The van der Waals surface area contributed by atoms with E-state index in [4.69, 9.17) is 4.74 Å². The summed E-state index contributed by atoms with van der Waals surface area (Å²) < 4.78 is 5.19. The second-order valence-corrected chi connectivity index (χ2v) is 7.84. The molecule has 3 N–H and O–H groups in total. The molecule has 7 nitrogen and oxygen atoms in total. The van der Waals surface area contributed by atoms with Crippen LogP contribution in [0, 0.1) is 0 Å². The van der Waals surface area contributed by atoms with Crippen LogP contribution in [0.2, 0.25) is 0 Å². The molecule has 2 aromatic heterocycles. The van der Waals surface area contributed by atoms with Crippen LogP contribution >= 0.6 is 22.7 Å². The van der Waals surface area contributed by atoms with Crippen molar-refractivity contribution in [2.45, 2.75) is 20.8 Å². The number of carbonyl (C=O) groups excluding carboxylic acids is 3. The number of rotatable bonds is 10. The Morgan fingerprint density at radius 1 is 1.11 bits per heavy atom. The highest BCUT2D eigenvalue weighted by Gasteiger charge is 2.24. The fraction of sp³-hybridized carbons (Fsp3) is 0.421. The van der Waals surface area contributed by atoms with Crippen molar-refractivity contribution in [3.8, 4) is 10.4 Å². The lowest BCUT2D eigenvalue weighted by molar-refractivity contribution is -0.881. The van der Waals surface area contributed by atoms with E-state index in [9.17, 15) is 14.4 Å². The standard InChI is InChI=1S/C19H25N3O4S2/c1-4-20-15(23)10-22(5-2)11-16(24)21-18-17(19(25)26-6-3)13(12-28-18)14-8-7-9-27-14/h7-9,12H,4-6,10-11H2,1-3H3,(H,20,23)(H,21,24)/p+1. The average molecular weight is 425 g/mol. The molecule has 2 amide bonds. The van der Waals surface area contributed by atoms with Crippen molar-refractivity contribution in [1.29, 1.82) is 0 Å². The van der Waals surface area contributed by atoms with Gasteiger partial charge >= 0.3 is 5.97 Å². The first-order valence-electron chi connectivity index (χ1n) is 9.22. The zero-order valence-corrected chi connectivity index (χ0v) is 17.9. The molecule has 1 unspecified atom stereocenters. The molecular formula is C19H26N3O4S2+. The number of likely N-dealkylation sites (N-methyl/N-ethyl adjacent to an activating group) is 2. The number of nitrogens with one attached hydrogen (secondary N) is 3. The van der Waals surface area contributed by atoms with Crippen LogP contribution < -0.4 is 15.5 Å². The van der Waals surface area contributed by atoms with Crippen molar-refractivity contribution >= 4 is 45.5 Å². The van der Waals surface area contributed by atoms with Gasteiger partial charge in [-0.3, -0.25) is 9.59 Å². The number of anilines is 1. The summed E-state index contributed by atoms with van der Waals surface area (Å²) in [5.74, 6) is -0.786. The summed E-state index contributed by atoms with van der Waals surface area (Å²) in [6, 6.07) is 3.84. The monoisotopic (exact) mass is 424 g/mol. The molecule has 0 bridgehead atoms. The van der Waals surface area contributed by atoms with E-state index in [1.54, 1.807) is 6.92 Å². The van der Waals surface area contributed by atoms with Crippen molar-refractivity contribution in [2.24, 2.45) is 0 Å². The molecule has 9 heteroatoms. The van der Waals surface area contributed by atoms with Crippen LogP contribution in [0.3, 0.4) is 0 Å². The van der Waals surface area contributed by atoms with Crippen molar-refractivity contribution in [3.05, 3.63) is 28.5 Å². The molecule has 152 valence electrons. The highest BCUT2D eigenvalue weighted by molar-refractivity contribution is 7.17. The molecule has 2 heterocycles. The number of thiophene rings is 2. The molecular weight excluding hydrogens is 398 g/mol. The largest absolute Gasteiger partial charge is 0.462 e. The van der Waals surface area contributed by atoms with Crippen LogP contribution in [0.25, 0.3) is 10.4 Å². The molecule has 0 aliphatic rings. The average Bonchev–Trinajstić information content (AvgIpc) is 3.31. The molecule has 1 atom stereocenters. The fourth-order valence-electron chi connectivity index (χ4n) is 2.67. The van der Waals surface area contributed by atoms with Gasteiger partial charge in [0, 0.05) is 22.4 Å². The van der Waals surface area contributed by atoms with E-state index in [2.05, 4.69) is 10.6 Å². The summed E-state index contributed by atoms with van der Waals surface area (Å²) >= 11 is 2.82. The van der Waals surface area contributed by atoms with Gasteiger partial charge in [0.25, 0.3) is 11.8 Å². The van der Waals surface area contributed by atoms with Crippen LogP contribution in [-0.4, -0.2) is 50.6 Å². The number of ether oxygens (including phenoxy) is 1. The van der Waals surface area contributed by atoms with Crippen molar-refractivity contribution < 1.29 is 24.0 Å². The highest BCUT2D eigenvalue weighted by atomic mass is 32.1. The van der Waals surface area contributed by atoms with Crippen LogP contribution in [0.15, 0.2) is 22.9 Å². The predicted molar refractivity (Wildman–Crippen MR) is 112 cm³/mol. The zero-order chi connectivity index (χ0) is 20.5. The molecule has 0 saturated carbocycles. The van der Waals surface area contributed by atoms with Gasteiger partial charge in [-0.1, -0.05) is 6.07 Å². The van der Waals surface area contributed by atoms with Crippen molar-refractivity contribution in [2.75, 3.05) is 38.1 Å². The first-order valence-corrected chi connectivity index (χ1v) is 11.0. The smallest absolute Gasteiger partial charge is 0.341 e. The van der Waals surface area contributed by atoms with Crippen molar-refractivity contribution in [3.63, 3.8) is 0 Å². The van der Waals surface area contributed by atoms with E-state index >= 15 is 0 Å². The Bertz CT molecular complexity index is 802. The number of hydrogen-bond acceptors (Lipinski definition) is 6.